The lowest BCUT2D eigenvalue weighted by molar-refractivity contribution is -0.133. The number of hydrogen-bond acceptors (Lipinski definition) is 4. The average molecular weight is 234 g/mol. The molecule has 0 aliphatic carbocycles. The number of amides is 1. The van der Waals surface area contributed by atoms with Crippen LogP contribution in [0.15, 0.2) is 0 Å². The van der Waals surface area contributed by atoms with E-state index in [2.05, 4.69) is 0 Å². The quantitative estimate of drug-likeness (QED) is 0.705. The van der Waals surface area contributed by atoms with Crippen molar-refractivity contribution in [1.29, 1.82) is 0 Å². The standard InChI is InChI=1S/C9H18N2O3S/c1-3-11(9(12)7(2)10)8-4-5-15(13,14)6-8/h7-8H,3-6,10H2,1-2H3/t7-,8?/m0/s1. The molecule has 1 unspecified atom stereocenters. The maximum absolute atomic E-state index is 11.7. The van der Waals surface area contributed by atoms with Crippen LogP contribution in [0.5, 0.6) is 0 Å². The van der Waals surface area contributed by atoms with Gasteiger partial charge < -0.3 is 10.6 Å². The van der Waals surface area contributed by atoms with Crippen molar-refractivity contribution in [3.05, 3.63) is 0 Å². The Morgan fingerprint density at radius 1 is 1.60 bits per heavy atom. The zero-order valence-electron chi connectivity index (χ0n) is 9.14. The number of sulfone groups is 1. The first kappa shape index (κ1) is 12.4. The van der Waals surface area contributed by atoms with Gasteiger partial charge in [-0.3, -0.25) is 4.79 Å². The van der Waals surface area contributed by atoms with Crippen molar-refractivity contribution in [1.82, 2.24) is 4.90 Å². The number of hydrogen-bond donors (Lipinski definition) is 1. The molecule has 1 saturated heterocycles. The van der Waals surface area contributed by atoms with Gasteiger partial charge in [-0.15, -0.1) is 0 Å². The predicted octanol–water partition coefficient (Wildman–Crippen LogP) is -0.631. The molecule has 5 nitrogen and oxygen atoms in total. The molecule has 0 aromatic carbocycles. The Balaban J connectivity index is 2.73. The van der Waals surface area contributed by atoms with Gasteiger partial charge in [-0.25, -0.2) is 8.42 Å². The van der Waals surface area contributed by atoms with E-state index in [4.69, 9.17) is 5.73 Å². The first-order valence-electron chi connectivity index (χ1n) is 5.14. The second-order valence-electron chi connectivity index (χ2n) is 3.97. The molecule has 1 heterocycles. The Morgan fingerprint density at radius 3 is 2.53 bits per heavy atom. The van der Waals surface area contributed by atoms with Gasteiger partial charge in [0.2, 0.25) is 5.91 Å². The fourth-order valence-corrected chi connectivity index (χ4v) is 3.61. The lowest BCUT2D eigenvalue weighted by Gasteiger charge is -2.28. The van der Waals surface area contributed by atoms with Gasteiger partial charge >= 0.3 is 0 Å². The maximum atomic E-state index is 11.7. The number of rotatable bonds is 3. The topological polar surface area (TPSA) is 80.5 Å². The summed E-state index contributed by atoms with van der Waals surface area (Å²) >= 11 is 0. The van der Waals surface area contributed by atoms with Gasteiger partial charge in [0.15, 0.2) is 9.84 Å². The highest BCUT2D eigenvalue weighted by Gasteiger charge is 2.34. The molecule has 0 aromatic rings. The molecule has 0 aromatic heterocycles. The summed E-state index contributed by atoms with van der Waals surface area (Å²) in [7, 11) is -2.94. The van der Waals surface area contributed by atoms with Crippen LogP contribution in [0.25, 0.3) is 0 Å². The van der Waals surface area contributed by atoms with E-state index in [0.29, 0.717) is 13.0 Å². The highest BCUT2D eigenvalue weighted by Crippen LogP contribution is 2.18. The number of nitrogens with two attached hydrogens (primary N) is 1. The summed E-state index contributed by atoms with van der Waals surface area (Å²) < 4.78 is 22.6. The summed E-state index contributed by atoms with van der Waals surface area (Å²) in [6.07, 6.45) is 0.536. The lowest BCUT2D eigenvalue weighted by Crippen LogP contribution is -2.47. The zero-order chi connectivity index (χ0) is 11.6. The van der Waals surface area contributed by atoms with E-state index in [0.717, 1.165) is 0 Å². The van der Waals surface area contributed by atoms with Crippen molar-refractivity contribution < 1.29 is 13.2 Å². The highest BCUT2D eigenvalue weighted by molar-refractivity contribution is 7.91. The van der Waals surface area contributed by atoms with Crippen LogP contribution >= 0.6 is 0 Å². The molecule has 1 aliphatic heterocycles. The summed E-state index contributed by atoms with van der Waals surface area (Å²) in [4.78, 5) is 13.3. The summed E-state index contributed by atoms with van der Waals surface area (Å²) in [6.45, 7) is 3.97. The molecule has 1 rings (SSSR count). The Bertz CT molecular complexity index is 337. The van der Waals surface area contributed by atoms with Crippen molar-refractivity contribution in [2.45, 2.75) is 32.4 Å². The molecule has 88 valence electrons. The molecule has 0 radical (unpaired) electrons. The molecule has 6 heteroatoms. The molecule has 15 heavy (non-hydrogen) atoms. The fourth-order valence-electron chi connectivity index (χ4n) is 1.88. The van der Waals surface area contributed by atoms with Gasteiger partial charge in [0.1, 0.15) is 0 Å². The van der Waals surface area contributed by atoms with Crippen LogP contribution in [0.3, 0.4) is 0 Å². The minimum atomic E-state index is -2.94. The van der Waals surface area contributed by atoms with Crippen molar-refractivity contribution in [3.63, 3.8) is 0 Å². The number of carbonyl (C=O) groups is 1. The maximum Gasteiger partial charge on any atom is 0.239 e. The van der Waals surface area contributed by atoms with Crippen LogP contribution < -0.4 is 5.73 Å². The van der Waals surface area contributed by atoms with E-state index >= 15 is 0 Å². The SMILES string of the molecule is CCN(C(=O)[C@H](C)N)C1CCS(=O)(=O)C1. The largest absolute Gasteiger partial charge is 0.338 e. The molecule has 1 aliphatic rings. The van der Waals surface area contributed by atoms with Crippen molar-refractivity contribution >= 4 is 15.7 Å². The van der Waals surface area contributed by atoms with Crippen molar-refractivity contribution in [2.75, 3.05) is 18.1 Å². The molecule has 2 atom stereocenters. The smallest absolute Gasteiger partial charge is 0.239 e. The van der Waals surface area contributed by atoms with Crippen LogP contribution in [0.1, 0.15) is 20.3 Å². The van der Waals surface area contributed by atoms with Gasteiger partial charge in [0.05, 0.1) is 17.5 Å². The summed E-state index contributed by atoms with van der Waals surface area (Å²) in [5.74, 6) is 0.0966. The van der Waals surface area contributed by atoms with E-state index in [1.807, 2.05) is 6.92 Å². The molecule has 1 fully saturated rings. The first-order valence-corrected chi connectivity index (χ1v) is 6.96. The monoisotopic (exact) mass is 234 g/mol. The second-order valence-corrected chi connectivity index (χ2v) is 6.20. The fraction of sp³-hybridized carbons (Fsp3) is 0.889. The minimum absolute atomic E-state index is 0.0826. The summed E-state index contributed by atoms with van der Waals surface area (Å²) in [5.41, 5.74) is 5.51. The molecule has 2 N–H and O–H groups in total. The van der Waals surface area contributed by atoms with E-state index in [1.54, 1.807) is 11.8 Å². The minimum Gasteiger partial charge on any atom is -0.338 e. The number of likely N-dealkylation sites (N-methyl/N-ethyl adjacent to an activating group) is 1. The Kier molecular flexibility index (Phi) is 3.72. The Labute approximate surface area is 90.5 Å². The van der Waals surface area contributed by atoms with E-state index in [1.165, 1.54) is 0 Å². The van der Waals surface area contributed by atoms with Gasteiger partial charge in [-0.1, -0.05) is 0 Å². The molecule has 0 bridgehead atoms. The second kappa shape index (κ2) is 4.49. The Morgan fingerprint density at radius 2 is 2.20 bits per heavy atom. The van der Waals surface area contributed by atoms with Crippen LogP contribution in [0.2, 0.25) is 0 Å². The number of carbonyl (C=O) groups excluding carboxylic acids is 1. The van der Waals surface area contributed by atoms with E-state index in [-0.39, 0.29) is 23.5 Å². The third-order valence-electron chi connectivity index (χ3n) is 2.66. The first-order chi connectivity index (χ1) is 6.87. The van der Waals surface area contributed by atoms with E-state index < -0.39 is 15.9 Å². The number of nitrogens with zero attached hydrogens (tertiary/aromatic N) is 1. The van der Waals surface area contributed by atoms with Gasteiger partial charge in [-0.05, 0) is 20.3 Å². The normalized spacial score (nSPS) is 26.2. The third kappa shape index (κ3) is 2.92. The molecular weight excluding hydrogens is 216 g/mol. The van der Waals surface area contributed by atoms with Crippen molar-refractivity contribution in [3.8, 4) is 0 Å². The molecule has 0 saturated carbocycles. The van der Waals surface area contributed by atoms with Gasteiger partial charge in [-0.2, -0.15) is 0 Å². The summed E-state index contributed by atoms with van der Waals surface area (Å²) in [6, 6.07) is -0.744. The van der Waals surface area contributed by atoms with E-state index in [9.17, 15) is 13.2 Å². The van der Waals surface area contributed by atoms with Gasteiger partial charge in [0, 0.05) is 12.6 Å². The summed E-state index contributed by atoms with van der Waals surface area (Å²) in [5, 5.41) is 0. The Hall–Kier alpha value is -0.620. The van der Waals surface area contributed by atoms with Gasteiger partial charge in [0.25, 0.3) is 0 Å². The molecule has 1 amide bonds. The van der Waals surface area contributed by atoms with Crippen LogP contribution in [0.4, 0.5) is 0 Å². The average Bonchev–Trinajstić information content (AvgIpc) is 2.47. The molecule has 0 spiro atoms. The van der Waals surface area contributed by atoms with Crippen LogP contribution in [-0.4, -0.2) is 49.4 Å². The lowest BCUT2D eigenvalue weighted by atomic mass is 10.2. The predicted molar refractivity (Wildman–Crippen MR) is 58.1 cm³/mol. The highest BCUT2D eigenvalue weighted by atomic mass is 32.2. The zero-order valence-corrected chi connectivity index (χ0v) is 9.96. The van der Waals surface area contributed by atoms with Crippen molar-refractivity contribution in [2.24, 2.45) is 5.73 Å². The molecular formula is C9H18N2O3S. The van der Waals surface area contributed by atoms with Crippen LogP contribution in [-0.2, 0) is 14.6 Å². The third-order valence-corrected chi connectivity index (χ3v) is 4.41. The van der Waals surface area contributed by atoms with Crippen LogP contribution in [0, 0.1) is 0 Å².